The van der Waals surface area contributed by atoms with E-state index in [2.05, 4.69) is 45.1 Å². The lowest BCUT2D eigenvalue weighted by Crippen LogP contribution is -2.30. The van der Waals surface area contributed by atoms with E-state index < -0.39 is 6.10 Å². The van der Waals surface area contributed by atoms with E-state index in [1.54, 1.807) is 0 Å². The van der Waals surface area contributed by atoms with Gasteiger partial charge in [-0.1, -0.05) is 161 Å². The second kappa shape index (κ2) is 39.8. The van der Waals surface area contributed by atoms with Crippen LogP contribution in [0.15, 0.2) is 24.3 Å². The summed E-state index contributed by atoms with van der Waals surface area (Å²) < 4.78 is 17.1. The maximum absolute atomic E-state index is 12.5. The molecule has 5 heteroatoms. The Kier molecular flexibility index (Phi) is 38.5. The average Bonchev–Trinajstić information content (AvgIpc) is 3.08. The third-order valence-electron chi connectivity index (χ3n) is 8.96. The Morgan fingerprint density at radius 3 is 1.33 bits per heavy atom. The van der Waals surface area contributed by atoms with E-state index in [9.17, 15) is 9.59 Å². The van der Waals surface area contributed by atoms with Gasteiger partial charge in [-0.25, -0.2) is 0 Å². The summed E-state index contributed by atoms with van der Waals surface area (Å²) in [6.45, 7) is 7.70. The van der Waals surface area contributed by atoms with Gasteiger partial charge in [0.25, 0.3) is 0 Å². The molecule has 0 spiro atoms. The Bertz CT molecular complexity index is 731. The molecule has 0 bridgehead atoms. The molecule has 0 aliphatic heterocycles. The highest BCUT2D eigenvalue weighted by Crippen LogP contribution is 2.12. The van der Waals surface area contributed by atoms with E-state index in [0.29, 0.717) is 19.4 Å². The predicted octanol–water partition coefficient (Wildman–Crippen LogP) is 13.3. The Morgan fingerprint density at radius 2 is 0.833 bits per heavy atom. The molecule has 0 saturated carbocycles. The minimum Gasteiger partial charge on any atom is -0.462 e. The zero-order valence-corrected chi connectivity index (χ0v) is 32.3. The average molecular weight is 677 g/mol. The van der Waals surface area contributed by atoms with Crippen LogP contribution in [0.1, 0.15) is 213 Å². The second-order valence-corrected chi connectivity index (χ2v) is 13.9. The third-order valence-corrected chi connectivity index (χ3v) is 8.96. The SMILES string of the molecule is CCCC/C=C\CCCCCCCC(=O)OCC(COCCCCCCCC/C=C\CCCCCCCC)OC(=O)CCCCCCC. The minimum atomic E-state index is -0.531. The van der Waals surface area contributed by atoms with Crippen LogP contribution in [-0.2, 0) is 23.8 Å². The van der Waals surface area contributed by atoms with Crippen molar-refractivity contribution in [2.45, 2.75) is 219 Å². The number of hydrogen-bond acceptors (Lipinski definition) is 5. The molecule has 48 heavy (non-hydrogen) atoms. The van der Waals surface area contributed by atoms with Crippen molar-refractivity contribution in [2.24, 2.45) is 0 Å². The zero-order valence-electron chi connectivity index (χ0n) is 32.3. The van der Waals surface area contributed by atoms with Crippen LogP contribution < -0.4 is 0 Å². The van der Waals surface area contributed by atoms with Crippen LogP contribution >= 0.6 is 0 Å². The standard InChI is InChI=1S/C43H80O5/c1-4-7-10-13-15-17-19-20-21-22-23-25-27-29-32-35-38-46-39-41(48-43(45)37-34-30-12-9-6-3)40-47-42(44)36-33-31-28-26-24-18-16-14-11-8-5-2/h14,16,20-21,41H,4-13,15,17-19,22-40H2,1-3H3/b16-14-,21-20-. The normalized spacial score (nSPS) is 12.3. The van der Waals surface area contributed by atoms with Crippen molar-refractivity contribution >= 4 is 11.9 Å². The van der Waals surface area contributed by atoms with Crippen LogP contribution in [0.3, 0.4) is 0 Å². The number of unbranched alkanes of at least 4 members (excludes halogenated alkanes) is 23. The first-order valence-electron chi connectivity index (χ1n) is 20.9. The molecule has 0 heterocycles. The maximum Gasteiger partial charge on any atom is 0.306 e. The van der Waals surface area contributed by atoms with Gasteiger partial charge in [0.15, 0.2) is 6.10 Å². The number of esters is 2. The fraction of sp³-hybridized carbons (Fsp3) is 0.860. The molecule has 1 atom stereocenters. The van der Waals surface area contributed by atoms with Gasteiger partial charge in [0, 0.05) is 19.4 Å². The molecule has 0 aromatic heterocycles. The molecule has 1 unspecified atom stereocenters. The molecule has 0 aromatic carbocycles. The molecule has 0 N–H and O–H groups in total. The van der Waals surface area contributed by atoms with Crippen molar-refractivity contribution in [3.05, 3.63) is 24.3 Å². The lowest BCUT2D eigenvalue weighted by atomic mass is 10.1. The highest BCUT2D eigenvalue weighted by Gasteiger charge is 2.17. The van der Waals surface area contributed by atoms with E-state index in [0.717, 1.165) is 57.8 Å². The minimum absolute atomic E-state index is 0.0815. The van der Waals surface area contributed by atoms with Crippen LogP contribution in [0.2, 0.25) is 0 Å². The summed E-state index contributed by atoms with van der Waals surface area (Å²) in [4.78, 5) is 24.9. The highest BCUT2D eigenvalue weighted by molar-refractivity contribution is 5.70. The molecule has 0 radical (unpaired) electrons. The molecule has 0 aliphatic carbocycles. The topological polar surface area (TPSA) is 61.8 Å². The quantitative estimate of drug-likeness (QED) is 0.0370. The van der Waals surface area contributed by atoms with Gasteiger partial charge in [-0.3, -0.25) is 9.59 Å². The van der Waals surface area contributed by atoms with Gasteiger partial charge in [0.05, 0.1) is 6.61 Å². The van der Waals surface area contributed by atoms with Gasteiger partial charge >= 0.3 is 11.9 Å². The van der Waals surface area contributed by atoms with Gasteiger partial charge in [-0.2, -0.15) is 0 Å². The van der Waals surface area contributed by atoms with E-state index in [1.807, 2.05) is 0 Å². The van der Waals surface area contributed by atoms with Crippen LogP contribution in [0.4, 0.5) is 0 Å². The third kappa shape index (κ3) is 37.2. The van der Waals surface area contributed by atoms with Crippen molar-refractivity contribution in [3.8, 4) is 0 Å². The monoisotopic (exact) mass is 677 g/mol. The van der Waals surface area contributed by atoms with E-state index in [4.69, 9.17) is 14.2 Å². The molecule has 0 aromatic rings. The Hall–Kier alpha value is -1.62. The number of carbonyl (C=O) groups excluding carboxylic acids is 2. The Balaban J connectivity index is 4.08. The number of rotatable bonds is 38. The van der Waals surface area contributed by atoms with Crippen LogP contribution in [0.5, 0.6) is 0 Å². The van der Waals surface area contributed by atoms with Crippen LogP contribution in [0.25, 0.3) is 0 Å². The predicted molar refractivity (Wildman–Crippen MR) is 205 cm³/mol. The van der Waals surface area contributed by atoms with Gasteiger partial charge in [-0.15, -0.1) is 0 Å². The summed E-state index contributed by atoms with van der Waals surface area (Å²) in [5.41, 5.74) is 0. The summed E-state index contributed by atoms with van der Waals surface area (Å²) in [5.74, 6) is -0.420. The molecular weight excluding hydrogens is 596 g/mol. The smallest absolute Gasteiger partial charge is 0.306 e. The van der Waals surface area contributed by atoms with Crippen LogP contribution in [0, 0.1) is 0 Å². The summed E-state index contributed by atoms with van der Waals surface area (Å²) in [6, 6.07) is 0. The summed E-state index contributed by atoms with van der Waals surface area (Å²) in [6.07, 6.45) is 43.4. The van der Waals surface area contributed by atoms with Crippen molar-refractivity contribution in [3.63, 3.8) is 0 Å². The Morgan fingerprint density at radius 1 is 0.438 bits per heavy atom. The molecule has 5 nitrogen and oxygen atoms in total. The Labute approximate surface area is 298 Å². The summed E-state index contributed by atoms with van der Waals surface area (Å²) in [7, 11) is 0. The fourth-order valence-corrected chi connectivity index (χ4v) is 5.78. The second-order valence-electron chi connectivity index (χ2n) is 13.9. The lowest BCUT2D eigenvalue weighted by Gasteiger charge is -2.18. The molecule has 0 saturated heterocycles. The molecule has 0 fully saturated rings. The molecule has 0 rings (SSSR count). The van der Waals surface area contributed by atoms with Crippen molar-refractivity contribution in [1.82, 2.24) is 0 Å². The van der Waals surface area contributed by atoms with E-state index >= 15 is 0 Å². The number of ether oxygens (including phenoxy) is 3. The van der Waals surface area contributed by atoms with Crippen molar-refractivity contribution < 1.29 is 23.8 Å². The van der Waals surface area contributed by atoms with Crippen molar-refractivity contribution in [2.75, 3.05) is 19.8 Å². The maximum atomic E-state index is 12.5. The molecule has 282 valence electrons. The summed E-state index contributed by atoms with van der Waals surface area (Å²) in [5, 5.41) is 0. The number of hydrogen-bond donors (Lipinski definition) is 0. The van der Waals surface area contributed by atoms with Gasteiger partial charge in [-0.05, 0) is 64.2 Å². The highest BCUT2D eigenvalue weighted by atomic mass is 16.6. The largest absolute Gasteiger partial charge is 0.462 e. The van der Waals surface area contributed by atoms with E-state index in [-0.39, 0.29) is 25.2 Å². The number of carbonyl (C=O) groups is 2. The van der Waals surface area contributed by atoms with E-state index in [1.165, 1.54) is 122 Å². The first kappa shape index (κ1) is 46.4. The van der Waals surface area contributed by atoms with Gasteiger partial charge < -0.3 is 14.2 Å². The lowest BCUT2D eigenvalue weighted by molar-refractivity contribution is -0.163. The zero-order chi connectivity index (χ0) is 35.0. The first-order chi connectivity index (χ1) is 23.6. The molecule has 0 amide bonds. The van der Waals surface area contributed by atoms with Gasteiger partial charge in [0.1, 0.15) is 6.61 Å². The van der Waals surface area contributed by atoms with Crippen molar-refractivity contribution in [1.29, 1.82) is 0 Å². The number of allylic oxidation sites excluding steroid dienone is 4. The first-order valence-corrected chi connectivity index (χ1v) is 20.9. The van der Waals surface area contributed by atoms with Gasteiger partial charge in [0.2, 0.25) is 0 Å². The molecular formula is C43H80O5. The molecule has 0 aliphatic rings. The summed E-state index contributed by atoms with van der Waals surface area (Å²) >= 11 is 0. The fourth-order valence-electron chi connectivity index (χ4n) is 5.78. The van der Waals surface area contributed by atoms with Crippen LogP contribution in [-0.4, -0.2) is 37.9 Å².